The Balaban J connectivity index is 1.77. The van der Waals surface area contributed by atoms with Crippen LogP contribution in [0.5, 0.6) is 11.5 Å². The molecule has 1 N–H and O–H groups in total. The van der Waals surface area contributed by atoms with E-state index in [2.05, 4.69) is 17.4 Å². The third-order valence-electron chi connectivity index (χ3n) is 4.66. The van der Waals surface area contributed by atoms with Crippen molar-refractivity contribution < 1.29 is 14.3 Å². The van der Waals surface area contributed by atoms with E-state index in [1.807, 2.05) is 36.4 Å². The second kappa shape index (κ2) is 8.10. The molecule has 144 valence electrons. The Hall–Kier alpha value is -2.73. The first-order valence-corrected chi connectivity index (χ1v) is 10.2. The number of hydrogen-bond acceptors (Lipinski definition) is 5. The van der Waals surface area contributed by atoms with E-state index in [-0.39, 0.29) is 5.91 Å². The number of carbonyl (C=O) groups excluding carboxylic acids is 1. The van der Waals surface area contributed by atoms with Gasteiger partial charge in [0.25, 0.3) is 0 Å². The maximum atomic E-state index is 12.1. The van der Waals surface area contributed by atoms with Crippen LogP contribution in [-0.4, -0.2) is 36.9 Å². The van der Waals surface area contributed by atoms with Crippen LogP contribution < -0.4 is 14.8 Å². The minimum absolute atomic E-state index is 0.0545. The van der Waals surface area contributed by atoms with Crippen LogP contribution in [0.2, 0.25) is 0 Å². The van der Waals surface area contributed by atoms with Gasteiger partial charge in [-0.05, 0) is 30.0 Å². The average Bonchev–Trinajstić information content (AvgIpc) is 3.55. The summed E-state index contributed by atoms with van der Waals surface area (Å²) in [5, 5.41) is 4.75. The molecule has 0 atom stereocenters. The van der Waals surface area contributed by atoms with E-state index in [4.69, 9.17) is 14.5 Å². The third-order valence-corrected chi connectivity index (χ3v) is 5.57. The average molecular weight is 394 g/mol. The van der Waals surface area contributed by atoms with Crippen LogP contribution in [0, 0.1) is 0 Å². The number of pyridine rings is 1. The summed E-state index contributed by atoms with van der Waals surface area (Å²) in [6.45, 7) is 0. The highest BCUT2D eigenvalue weighted by Crippen LogP contribution is 2.39. The zero-order valence-corrected chi connectivity index (χ0v) is 16.7. The lowest BCUT2D eigenvalue weighted by Crippen LogP contribution is -2.27. The van der Waals surface area contributed by atoms with Gasteiger partial charge in [-0.2, -0.15) is 0 Å². The topological polar surface area (TPSA) is 60.5 Å². The van der Waals surface area contributed by atoms with Gasteiger partial charge in [-0.3, -0.25) is 4.79 Å². The van der Waals surface area contributed by atoms with Crippen molar-refractivity contribution in [3.8, 4) is 22.6 Å². The van der Waals surface area contributed by atoms with E-state index < -0.39 is 0 Å². The van der Waals surface area contributed by atoms with Crippen LogP contribution in [0.25, 0.3) is 22.0 Å². The highest BCUT2D eigenvalue weighted by molar-refractivity contribution is 7.99. The first kappa shape index (κ1) is 18.6. The molecule has 28 heavy (non-hydrogen) atoms. The standard InChI is InChI=1S/C22H22N2O3S/c1-26-16-10-18-22(19(11-16)27-2)17(14-6-4-3-5-7-14)12-21(24-18)28-13-20(25)23-15-8-9-15/h3-7,10-12,15H,8-9,13H2,1-2H3,(H,23,25). The second-order valence-electron chi connectivity index (χ2n) is 6.73. The highest BCUT2D eigenvalue weighted by Gasteiger charge is 2.23. The molecule has 0 saturated heterocycles. The fourth-order valence-corrected chi connectivity index (χ4v) is 3.84. The van der Waals surface area contributed by atoms with Crippen LogP contribution in [0.4, 0.5) is 0 Å². The number of nitrogens with one attached hydrogen (secondary N) is 1. The van der Waals surface area contributed by atoms with Crippen molar-refractivity contribution >= 4 is 28.6 Å². The van der Waals surface area contributed by atoms with E-state index in [9.17, 15) is 4.79 Å². The Morgan fingerprint density at radius 2 is 1.93 bits per heavy atom. The molecule has 1 aliphatic carbocycles. The van der Waals surface area contributed by atoms with Crippen molar-refractivity contribution in [1.29, 1.82) is 0 Å². The summed E-state index contributed by atoms with van der Waals surface area (Å²) >= 11 is 1.44. The SMILES string of the molecule is COc1cc(OC)c2c(-c3ccccc3)cc(SCC(=O)NC3CC3)nc2c1. The summed E-state index contributed by atoms with van der Waals surface area (Å²) in [6.07, 6.45) is 2.17. The molecule has 0 radical (unpaired) electrons. The molecule has 1 aliphatic rings. The molecule has 0 aliphatic heterocycles. The molecular formula is C22H22N2O3S. The Morgan fingerprint density at radius 3 is 2.61 bits per heavy atom. The summed E-state index contributed by atoms with van der Waals surface area (Å²) in [5.74, 6) is 1.80. The van der Waals surface area contributed by atoms with Gasteiger partial charge < -0.3 is 14.8 Å². The number of ether oxygens (including phenoxy) is 2. The van der Waals surface area contributed by atoms with Crippen molar-refractivity contribution in [2.45, 2.75) is 23.9 Å². The highest BCUT2D eigenvalue weighted by atomic mass is 32.2. The van der Waals surface area contributed by atoms with Gasteiger partial charge in [0.2, 0.25) is 5.91 Å². The zero-order valence-electron chi connectivity index (χ0n) is 15.9. The molecule has 0 bridgehead atoms. The number of carbonyl (C=O) groups is 1. The van der Waals surface area contributed by atoms with Crippen LogP contribution >= 0.6 is 11.8 Å². The lowest BCUT2D eigenvalue weighted by Gasteiger charge is -2.14. The molecular weight excluding hydrogens is 372 g/mol. The predicted octanol–water partition coefficient (Wildman–Crippen LogP) is 4.29. The largest absolute Gasteiger partial charge is 0.497 e. The molecule has 1 heterocycles. The molecule has 1 saturated carbocycles. The molecule has 0 spiro atoms. The van der Waals surface area contributed by atoms with Crippen molar-refractivity contribution in [3.63, 3.8) is 0 Å². The molecule has 2 aromatic carbocycles. The molecule has 1 aromatic heterocycles. The molecule has 0 unspecified atom stereocenters. The minimum Gasteiger partial charge on any atom is -0.497 e. The van der Waals surface area contributed by atoms with E-state index >= 15 is 0 Å². The van der Waals surface area contributed by atoms with Crippen LogP contribution in [0.3, 0.4) is 0 Å². The van der Waals surface area contributed by atoms with Crippen molar-refractivity contribution in [1.82, 2.24) is 10.3 Å². The number of fused-ring (bicyclic) bond motifs is 1. The first-order valence-electron chi connectivity index (χ1n) is 9.22. The van der Waals surface area contributed by atoms with Gasteiger partial charge in [-0.15, -0.1) is 0 Å². The number of thioether (sulfide) groups is 1. The Morgan fingerprint density at radius 1 is 1.14 bits per heavy atom. The number of nitrogens with zero attached hydrogens (tertiary/aromatic N) is 1. The Labute approximate surface area is 168 Å². The van der Waals surface area contributed by atoms with Crippen LogP contribution in [0.1, 0.15) is 12.8 Å². The summed E-state index contributed by atoms with van der Waals surface area (Å²) in [7, 11) is 3.27. The zero-order chi connectivity index (χ0) is 19.5. The van der Waals surface area contributed by atoms with Gasteiger partial charge in [0.1, 0.15) is 11.5 Å². The normalized spacial score (nSPS) is 13.4. The third kappa shape index (κ3) is 4.07. The first-order chi connectivity index (χ1) is 13.7. The number of amides is 1. The van der Waals surface area contributed by atoms with Crippen molar-refractivity contribution in [3.05, 3.63) is 48.5 Å². The van der Waals surface area contributed by atoms with E-state index in [1.54, 1.807) is 14.2 Å². The fourth-order valence-electron chi connectivity index (χ4n) is 3.12. The van der Waals surface area contributed by atoms with Gasteiger partial charge in [-0.1, -0.05) is 42.1 Å². The molecule has 3 aromatic rings. The summed E-state index contributed by atoms with van der Waals surface area (Å²) in [4.78, 5) is 16.9. The Kier molecular flexibility index (Phi) is 5.39. The van der Waals surface area contributed by atoms with Gasteiger partial charge in [0, 0.05) is 18.2 Å². The van der Waals surface area contributed by atoms with Gasteiger partial charge in [0.15, 0.2) is 0 Å². The van der Waals surface area contributed by atoms with E-state index in [0.717, 1.165) is 39.9 Å². The summed E-state index contributed by atoms with van der Waals surface area (Å²) < 4.78 is 11.0. The smallest absolute Gasteiger partial charge is 0.230 e. The van der Waals surface area contributed by atoms with Gasteiger partial charge in [-0.25, -0.2) is 4.98 Å². The quantitative estimate of drug-likeness (QED) is 0.606. The van der Waals surface area contributed by atoms with Crippen molar-refractivity contribution in [2.24, 2.45) is 0 Å². The Bertz CT molecular complexity index is 1000. The molecule has 4 rings (SSSR count). The van der Waals surface area contributed by atoms with E-state index in [1.165, 1.54) is 11.8 Å². The van der Waals surface area contributed by atoms with Gasteiger partial charge >= 0.3 is 0 Å². The van der Waals surface area contributed by atoms with Gasteiger partial charge in [0.05, 0.1) is 35.9 Å². The minimum atomic E-state index is 0.0545. The van der Waals surface area contributed by atoms with Crippen LogP contribution in [0.15, 0.2) is 53.6 Å². The number of benzene rings is 2. The fraction of sp³-hybridized carbons (Fsp3) is 0.273. The van der Waals surface area contributed by atoms with E-state index in [0.29, 0.717) is 23.3 Å². The molecule has 5 nitrogen and oxygen atoms in total. The van der Waals surface area contributed by atoms with Crippen molar-refractivity contribution in [2.75, 3.05) is 20.0 Å². The number of rotatable bonds is 7. The molecule has 1 amide bonds. The predicted molar refractivity (Wildman–Crippen MR) is 112 cm³/mol. The number of aromatic nitrogens is 1. The molecule has 6 heteroatoms. The maximum absolute atomic E-state index is 12.1. The summed E-state index contributed by atoms with van der Waals surface area (Å²) in [6, 6.07) is 16.3. The number of hydrogen-bond donors (Lipinski definition) is 1. The maximum Gasteiger partial charge on any atom is 0.230 e. The monoisotopic (exact) mass is 394 g/mol. The van der Waals surface area contributed by atoms with Crippen LogP contribution in [-0.2, 0) is 4.79 Å². The lowest BCUT2D eigenvalue weighted by atomic mass is 10.0. The summed E-state index contributed by atoms with van der Waals surface area (Å²) in [5.41, 5.74) is 2.88. The number of methoxy groups -OCH3 is 2. The second-order valence-corrected chi connectivity index (χ2v) is 7.72. The lowest BCUT2D eigenvalue weighted by molar-refractivity contribution is -0.118. The molecule has 1 fully saturated rings.